The number of rotatable bonds is 1. The smallest absolute Gasteiger partial charge is 0.297 e. The van der Waals surface area contributed by atoms with E-state index in [9.17, 15) is 8.78 Å². The van der Waals surface area contributed by atoms with Crippen LogP contribution in [0, 0.1) is 0 Å². The van der Waals surface area contributed by atoms with Gasteiger partial charge in [-0.3, -0.25) is 4.99 Å². The first-order valence-electron chi connectivity index (χ1n) is 7.45. The minimum atomic E-state index is -3.08. The molecule has 2 aromatic carbocycles. The molecule has 0 amide bonds. The van der Waals surface area contributed by atoms with E-state index in [-0.39, 0.29) is 5.56 Å². The molecule has 122 valence electrons. The molecule has 2 heterocycles. The van der Waals surface area contributed by atoms with Crippen LogP contribution < -0.4 is 0 Å². The van der Waals surface area contributed by atoms with Gasteiger partial charge in [-0.2, -0.15) is 8.78 Å². The van der Waals surface area contributed by atoms with E-state index >= 15 is 0 Å². The summed E-state index contributed by atoms with van der Waals surface area (Å²) in [6, 6.07) is 11.6. The summed E-state index contributed by atoms with van der Waals surface area (Å²) in [6.07, 6.45) is 0. The van der Waals surface area contributed by atoms with E-state index in [4.69, 9.17) is 16.1 Å². The summed E-state index contributed by atoms with van der Waals surface area (Å²) < 4.78 is 35.0. The predicted molar refractivity (Wildman–Crippen MR) is 89.1 cm³/mol. The molecular weight excluding hydrogens is 334 g/mol. The quantitative estimate of drug-likeness (QED) is 0.607. The second-order valence-electron chi connectivity index (χ2n) is 6.29. The lowest BCUT2D eigenvalue weighted by atomic mass is 9.82. The van der Waals surface area contributed by atoms with Gasteiger partial charge in [0, 0.05) is 11.1 Å². The van der Waals surface area contributed by atoms with Crippen LogP contribution in [0.3, 0.4) is 0 Å². The molecule has 0 bridgehead atoms. The van der Waals surface area contributed by atoms with Gasteiger partial charge in [-0.15, -0.1) is 0 Å². The highest BCUT2D eigenvalue weighted by Gasteiger charge is 2.53. The number of aliphatic imine (C=N–C) groups is 1. The van der Waals surface area contributed by atoms with E-state index in [0.717, 1.165) is 0 Å². The summed E-state index contributed by atoms with van der Waals surface area (Å²) >= 11 is 6.13. The Morgan fingerprint density at radius 3 is 2.58 bits per heavy atom. The molecule has 6 heteroatoms. The molecule has 1 aliphatic heterocycles. The molecule has 0 fully saturated rings. The van der Waals surface area contributed by atoms with Gasteiger partial charge in [-0.1, -0.05) is 47.1 Å². The van der Waals surface area contributed by atoms with E-state index in [1.165, 1.54) is 19.9 Å². The monoisotopic (exact) mass is 346 g/mol. The van der Waals surface area contributed by atoms with Crippen molar-refractivity contribution in [2.45, 2.75) is 25.3 Å². The highest BCUT2D eigenvalue weighted by atomic mass is 35.5. The van der Waals surface area contributed by atoms with Crippen molar-refractivity contribution in [3.63, 3.8) is 0 Å². The van der Waals surface area contributed by atoms with Crippen molar-refractivity contribution in [1.82, 2.24) is 5.16 Å². The molecule has 1 aromatic heterocycles. The Morgan fingerprint density at radius 2 is 1.79 bits per heavy atom. The van der Waals surface area contributed by atoms with E-state index in [2.05, 4.69) is 10.1 Å². The van der Waals surface area contributed by atoms with Crippen molar-refractivity contribution in [2.24, 2.45) is 4.99 Å². The number of benzene rings is 2. The van der Waals surface area contributed by atoms with Crippen LogP contribution in [0.4, 0.5) is 8.78 Å². The van der Waals surface area contributed by atoms with Crippen molar-refractivity contribution < 1.29 is 13.3 Å². The molecular formula is C18H13ClF2N2O. The van der Waals surface area contributed by atoms with Gasteiger partial charge in [0.15, 0.2) is 5.76 Å². The number of hydrogen-bond donors (Lipinski definition) is 0. The molecule has 0 unspecified atom stereocenters. The van der Waals surface area contributed by atoms with Gasteiger partial charge in [0.2, 0.25) is 0 Å². The molecule has 0 saturated heterocycles. The lowest BCUT2D eigenvalue weighted by Gasteiger charge is -2.36. The molecule has 0 radical (unpaired) electrons. The number of alkyl halides is 2. The summed E-state index contributed by atoms with van der Waals surface area (Å²) in [7, 11) is 0. The van der Waals surface area contributed by atoms with Crippen molar-refractivity contribution in [2.75, 3.05) is 0 Å². The number of hydrogen-bond acceptors (Lipinski definition) is 3. The highest BCUT2D eigenvalue weighted by Crippen LogP contribution is 2.47. The topological polar surface area (TPSA) is 38.4 Å². The Labute approximate surface area is 141 Å². The van der Waals surface area contributed by atoms with Crippen LogP contribution in [0.15, 0.2) is 52.0 Å². The Bertz CT molecular complexity index is 992. The van der Waals surface area contributed by atoms with Gasteiger partial charge >= 0.3 is 0 Å². The maximum atomic E-state index is 14.8. The van der Waals surface area contributed by atoms with Crippen molar-refractivity contribution in [1.29, 1.82) is 0 Å². The van der Waals surface area contributed by atoms with Crippen molar-refractivity contribution >= 4 is 28.2 Å². The van der Waals surface area contributed by atoms with E-state index in [1.807, 2.05) is 0 Å². The molecule has 0 saturated carbocycles. The normalized spacial score (nSPS) is 18.3. The van der Waals surface area contributed by atoms with Crippen LogP contribution in [0.1, 0.15) is 30.7 Å². The van der Waals surface area contributed by atoms with Crippen LogP contribution in [0.5, 0.6) is 0 Å². The Balaban J connectivity index is 2.04. The lowest BCUT2D eigenvalue weighted by Crippen LogP contribution is -2.44. The van der Waals surface area contributed by atoms with Crippen LogP contribution in [0.2, 0.25) is 5.02 Å². The zero-order valence-electron chi connectivity index (χ0n) is 13.0. The summed E-state index contributed by atoms with van der Waals surface area (Å²) in [6.45, 7) is 2.82. The molecule has 24 heavy (non-hydrogen) atoms. The maximum absolute atomic E-state index is 14.8. The first-order chi connectivity index (χ1) is 11.3. The fourth-order valence-corrected chi connectivity index (χ4v) is 3.19. The van der Waals surface area contributed by atoms with Gasteiger partial charge in [-0.05, 0) is 26.0 Å². The summed E-state index contributed by atoms with van der Waals surface area (Å²) in [5.41, 5.74) is -0.462. The van der Waals surface area contributed by atoms with Gasteiger partial charge in [0.25, 0.3) is 5.92 Å². The third kappa shape index (κ3) is 1.94. The van der Waals surface area contributed by atoms with Gasteiger partial charge < -0.3 is 4.52 Å². The molecule has 0 aliphatic carbocycles. The van der Waals surface area contributed by atoms with E-state index in [1.54, 1.807) is 36.4 Å². The first-order valence-corrected chi connectivity index (χ1v) is 7.82. The van der Waals surface area contributed by atoms with Gasteiger partial charge in [0.05, 0.1) is 10.4 Å². The summed E-state index contributed by atoms with van der Waals surface area (Å²) in [5, 5.41) is 5.07. The molecule has 0 N–H and O–H groups in total. The van der Waals surface area contributed by atoms with Crippen LogP contribution in [-0.2, 0) is 5.92 Å². The molecule has 0 spiro atoms. The molecule has 4 rings (SSSR count). The summed E-state index contributed by atoms with van der Waals surface area (Å²) in [4.78, 5) is 4.32. The Kier molecular flexibility index (Phi) is 3.09. The SMILES string of the molecule is CC1(C)N=C(c2onc3c(Cl)cccc23)c2ccccc2C1(F)F. The number of nitrogens with zero attached hydrogens (tertiary/aromatic N) is 2. The van der Waals surface area contributed by atoms with Crippen molar-refractivity contribution in [3.05, 3.63) is 64.4 Å². The van der Waals surface area contributed by atoms with Crippen molar-refractivity contribution in [3.8, 4) is 0 Å². The van der Waals surface area contributed by atoms with E-state index in [0.29, 0.717) is 33.0 Å². The number of halogens is 3. The van der Waals surface area contributed by atoms with Gasteiger partial charge in [0.1, 0.15) is 16.8 Å². The zero-order valence-corrected chi connectivity index (χ0v) is 13.7. The Hall–Kier alpha value is -2.27. The third-order valence-corrected chi connectivity index (χ3v) is 4.66. The first kappa shape index (κ1) is 15.3. The number of aromatic nitrogens is 1. The largest absolute Gasteiger partial charge is 0.353 e. The maximum Gasteiger partial charge on any atom is 0.297 e. The Morgan fingerprint density at radius 1 is 1.04 bits per heavy atom. The molecule has 0 atom stereocenters. The summed E-state index contributed by atoms with van der Waals surface area (Å²) in [5.74, 6) is -2.73. The second kappa shape index (κ2) is 4.86. The zero-order chi connectivity index (χ0) is 17.1. The molecule has 3 nitrogen and oxygen atoms in total. The van der Waals surface area contributed by atoms with Crippen LogP contribution in [0.25, 0.3) is 10.9 Å². The average molecular weight is 347 g/mol. The average Bonchev–Trinajstić information content (AvgIpc) is 2.97. The minimum absolute atomic E-state index is 0.0634. The molecule has 1 aliphatic rings. The fourth-order valence-electron chi connectivity index (χ4n) is 2.98. The minimum Gasteiger partial charge on any atom is -0.353 e. The fraction of sp³-hybridized carbons (Fsp3) is 0.222. The van der Waals surface area contributed by atoms with E-state index < -0.39 is 11.5 Å². The lowest BCUT2D eigenvalue weighted by molar-refractivity contribution is -0.0682. The van der Waals surface area contributed by atoms with Gasteiger partial charge in [-0.25, -0.2) is 0 Å². The third-order valence-electron chi connectivity index (χ3n) is 4.35. The second-order valence-corrected chi connectivity index (χ2v) is 6.69. The highest BCUT2D eigenvalue weighted by molar-refractivity contribution is 6.35. The standard InChI is InChI=1S/C18H13ClF2N2O/c1-17(2)18(20,21)12-8-4-3-6-10(12)15(22-17)16-11-7-5-9-13(19)14(11)23-24-16/h3-9H,1-2H3. The molecule has 3 aromatic rings. The predicted octanol–water partition coefficient (Wildman–Crippen LogP) is 5.20. The van der Waals surface area contributed by atoms with Crippen LogP contribution >= 0.6 is 11.6 Å². The number of fused-ring (bicyclic) bond motifs is 2. The van der Waals surface area contributed by atoms with Crippen LogP contribution in [-0.4, -0.2) is 16.4 Å².